The third kappa shape index (κ3) is 8.48. The number of esters is 1. The Balaban J connectivity index is 0.00000232. The van der Waals surface area contributed by atoms with Crippen LogP contribution in [0, 0.1) is 5.92 Å². The zero-order chi connectivity index (χ0) is 17.7. The van der Waals surface area contributed by atoms with Crippen LogP contribution < -0.4 is 4.74 Å². The Kier molecular flexibility index (Phi) is 11.8. The van der Waals surface area contributed by atoms with Gasteiger partial charge in [-0.05, 0) is 31.4 Å². The second kappa shape index (κ2) is 12.8. The Bertz CT molecular complexity index is 443. The van der Waals surface area contributed by atoms with E-state index in [9.17, 15) is 9.90 Å². The Morgan fingerprint density at radius 2 is 1.87 bits per heavy atom. The molecule has 0 bridgehead atoms. The first-order valence-corrected chi connectivity index (χ1v) is 8.74. The topological polar surface area (TPSA) is 55.8 Å². The molecule has 0 fully saturated rings. The summed E-state index contributed by atoms with van der Waals surface area (Å²) in [5.74, 6) is 0.569. The molecular formula is C19H32O4. The number of unbranched alkanes of at least 4 members (excludes halogenated alkanes) is 1. The average Bonchev–Trinajstić information content (AvgIpc) is 2.56. The molecule has 0 amide bonds. The highest BCUT2D eigenvalue weighted by molar-refractivity contribution is 5.90. The van der Waals surface area contributed by atoms with Crippen LogP contribution in [0.3, 0.4) is 0 Å². The first kappa shape index (κ1) is 21.3. The van der Waals surface area contributed by atoms with Crippen molar-refractivity contribution in [3.05, 3.63) is 23.8 Å². The molecule has 0 aliphatic carbocycles. The van der Waals surface area contributed by atoms with Gasteiger partial charge < -0.3 is 14.6 Å². The highest BCUT2D eigenvalue weighted by Gasteiger charge is 2.12. The number of hydrogen-bond donors (Lipinski definition) is 1. The van der Waals surface area contributed by atoms with Crippen LogP contribution in [0.5, 0.6) is 11.5 Å². The maximum absolute atomic E-state index is 11.7. The summed E-state index contributed by atoms with van der Waals surface area (Å²) in [7, 11) is 0. The molecule has 0 saturated carbocycles. The van der Waals surface area contributed by atoms with E-state index < -0.39 is 5.97 Å². The quantitative estimate of drug-likeness (QED) is 0.635. The fraction of sp³-hybridized carbons (Fsp3) is 0.632. The van der Waals surface area contributed by atoms with Crippen molar-refractivity contribution in [1.29, 1.82) is 0 Å². The Hall–Kier alpha value is -1.71. The van der Waals surface area contributed by atoms with E-state index in [1.54, 1.807) is 13.0 Å². The lowest BCUT2D eigenvalue weighted by Crippen LogP contribution is -2.12. The van der Waals surface area contributed by atoms with Gasteiger partial charge in [-0.25, -0.2) is 4.79 Å². The average molecular weight is 324 g/mol. The molecule has 1 unspecified atom stereocenters. The number of phenols is 1. The van der Waals surface area contributed by atoms with E-state index in [-0.39, 0.29) is 5.75 Å². The first-order chi connectivity index (χ1) is 11.1. The molecule has 0 aromatic heterocycles. The molecule has 0 radical (unpaired) electrons. The fourth-order valence-electron chi connectivity index (χ4n) is 2.11. The molecule has 0 aliphatic rings. The van der Waals surface area contributed by atoms with Gasteiger partial charge in [-0.2, -0.15) is 0 Å². The summed E-state index contributed by atoms with van der Waals surface area (Å²) in [6.45, 7) is 11.0. The van der Waals surface area contributed by atoms with E-state index in [4.69, 9.17) is 9.47 Å². The van der Waals surface area contributed by atoms with Crippen molar-refractivity contribution < 1.29 is 19.4 Å². The van der Waals surface area contributed by atoms with Gasteiger partial charge in [0.25, 0.3) is 0 Å². The van der Waals surface area contributed by atoms with Crippen molar-refractivity contribution >= 4 is 5.97 Å². The third-order valence-corrected chi connectivity index (χ3v) is 3.43. The van der Waals surface area contributed by atoms with E-state index in [2.05, 4.69) is 13.8 Å². The smallest absolute Gasteiger partial charge is 0.338 e. The lowest BCUT2D eigenvalue weighted by molar-refractivity contribution is 0.0525. The molecule has 0 aliphatic heterocycles. The van der Waals surface area contributed by atoms with Crippen molar-refractivity contribution in [3.8, 4) is 11.5 Å². The lowest BCUT2D eigenvalue weighted by atomic mass is 10.0. The van der Waals surface area contributed by atoms with Gasteiger partial charge in [0, 0.05) is 6.07 Å². The van der Waals surface area contributed by atoms with Gasteiger partial charge in [-0.15, -0.1) is 0 Å². The van der Waals surface area contributed by atoms with Crippen molar-refractivity contribution in [2.24, 2.45) is 5.92 Å². The summed E-state index contributed by atoms with van der Waals surface area (Å²) in [5.41, 5.74) is 0.313. The van der Waals surface area contributed by atoms with Crippen molar-refractivity contribution in [3.63, 3.8) is 0 Å². The zero-order valence-electron chi connectivity index (χ0n) is 15.2. The van der Waals surface area contributed by atoms with Gasteiger partial charge in [0.2, 0.25) is 0 Å². The van der Waals surface area contributed by atoms with Crippen LogP contribution in [0.15, 0.2) is 18.2 Å². The molecular weight excluding hydrogens is 292 g/mol. The molecule has 4 heteroatoms. The molecule has 1 atom stereocenters. The van der Waals surface area contributed by atoms with E-state index in [0.717, 1.165) is 12.8 Å². The number of hydrogen-bond acceptors (Lipinski definition) is 4. The molecule has 1 rings (SSSR count). The van der Waals surface area contributed by atoms with E-state index in [0.29, 0.717) is 30.4 Å². The van der Waals surface area contributed by atoms with Gasteiger partial charge in [0.05, 0.1) is 18.8 Å². The van der Waals surface area contributed by atoms with Crippen LogP contribution >= 0.6 is 0 Å². The van der Waals surface area contributed by atoms with Gasteiger partial charge in [-0.1, -0.05) is 47.0 Å². The molecule has 0 heterocycles. The SMILES string of the molecule is CC.CCCCC(CC)COc1cc(O)cc(C(=O)OCC)c1. The second-order valence-electron chi connectivity index (χ2n) is 5.16. The molecule has 23 heavy (non-hydrogen) atoms. The van der Waals surface area contributed by atoms with E-state index >= 15 is 0 Å². The second-order valence-corrected chi connectivity index (χ2v) is 5.16. The normalized spacial score (nSPS) is 11.2. The minimum Gasteiger partial charge on any atom is -0.508 e. The molecule has 1 aromatic carbocycles. The maximum atomic E-state index is 11.7. The predicted octanol–water partition coefficient (Wildman–Crippen LogP) is 5.19. The van der Waals surface area contributed by atoms with E-state index in [1.807, 2.05) is 13.8 Å². The molecule has 0 spiro atoms. The van der Waals surface area contributed by atoms with Crippen LogP contribution in [0.25, 0.3) is 0 Å². The summed E-state index contributed by atoms with van der Waals surface area (Å²) in [6, 6.07) is 4.53. The van der Waals surface area contributed by atoms with Crippen LogP contribution in [0.4, 0.5) is 0 Å². The molecule has 132 valence electrons. The standard InChI is InChI=1S/C17H26O4.C2H6/c1-4-7-8-13(5-2)12-21-16-10-14(9-15(18)11-16)17(19)20-6-3;1-2/h9-11,13,18H,4-8,12H2,1-3H3;1-2H3. The number of phenolic OH excluding ortho intramolecular Hbond substituents is 1. The highest BCUT2D eigenvalue weighted by Crippen LogP contribution is 2.24. The van der Waals surface area contributed by atoms with Crippen molar-refractivity contribution in [1.82, 2.24) is 0 Å². The van der Waals surface area contributed by atoms with Gasteiger partial charge in [-0.3, -0.25) is 0 Å². The predicted molar refractivity (Wildman–Crippen MR) is 94.2 cm³/mol. The van der Waals surface area contributed by atoms with E-state index in [1.165, 1.54) is 25.0 Å². The minimum absolute atomic E-state index is 0.0113. The highest BCUT2D eigenvalue weighted by atomic mass is 16.5. The summed E-state index contributed by atoms with van der Waals surface area (Å²) in [5, 5.41) is 9.69. The maximum Gasteiger partial charge on any atom is 0.338 e. The molecule has 1 N–H and O–H groups in total. The Labute approximate surface area is 140 Å². The molecule has 1 aromatic rings. The van der Waals surface area contributed by atoms with Gasteiger partial charge in [0.15, 0.2) is 0 Å². The number of benzene rings is 1. The molecule has 0 saturated heterocycles. The monoisotopic (exact) mass is 324 g/mol. The Morgan fingerprint density at radius 1 is 1.17 bits per heavy atom. The fourth-order valence-corrected chi connectivity index (χ4v) is 2.11. The summed E-state index contributed by atoms with van der Waals surface area (Å²) in [4.78, 5) is 11.7. The van der Waals surface area contributed by atoms with Gasteiger partial charge in [0.1, 0.15) is 11.5 Å². The van der Waals surface area contributed by atoms with Gasteiger partial charge >= 0.3 is 5.97 Å². The minimum atomic E-state index is -0.448. The van der Waals surface area contributed by atoms with Crippen LogP contribution in [0.2, 0.25) is 0 Å². The first-order valence-electron chi connectivity index (χ1n) is 8.74. The largest absolute Gasteiger partial charge is 0.508 e. The zero-order valence-corrected chi connectivity index (χ0v) is 15.2. The number of aromatic hydroxyl groups is 1. The summed E-state index contributed by atoms with van der Waals surface area (Å²) in [6.07, 6.45) is 4.56. The lowest BCUT2D eigenvalue weighted by Gasteiger charge is -2.16. The summed E-state index contributed by atoms with van der Waals surface area (Å²) >= 11 is 0. The number of ether oxygens (including phenoxy) is 2. The van der Waals surface area contributed by atoms with Crippen LogP contribution in [-0.4, -0.2) is 24.3 Å². The van der Waals surface area contributed by atoms with Crippen molar-refractivity contribution in [2.45, 2.75) is 60.3 Å². The number of rotatable bonds is 9. The van der Waals surface area contributed by atoms with Crippen LogP contribution in [-0.2, 0) is 4.74 Å². The van der Waals surface area contributed by atoms with Crippen molar-refractivity contribution in [2.75, 3.05) is 13.2 Å². The number of carbonyl (C=O) groups is 1. The Morgan fingerprint density at radius 3 is 2.43 bits per heavy atom. The third-order valence-electron chi connectivity index (χ3n) is 3.43. The number of carbonyl (C=O) groups excluding carboxylic acids is 1. The molecule has 4 nitrogen and oxygen atoms in total. The summed E-state index contributed by atoms with van der Waals surface area (Å²) < 4.78 is 10.7. The van der Waals surface area contributed by atoms with Crippen LogP contribution in [0.1, 0.15) is 70.7 Å².